The van der Waals surface area contributed by atoms with Crippen molar-refractivity contribution >= 4 is 5.91 Å². The van der Waals surface area contributed by atoms with Crippen molar-refractivity contribution in [3.05, 3.63) is 41.6 Å². The fraction of sp³-hybridized carbons (Fsp3) is 0.375. The SMILES string of the molecule is CN(C(=O)c1cn(C)nc1-c1ccc(F)cc1F)[C@H]1CCNC1. The van der Waals surface area contributed by atoms with Crippen LogP contribution in [0.5, 0.6) is 0 Å². The molecule has 1 amide bonds. The smallest absolute Gasteiger partial charge is 0.257 e. The van der Waals surface area contributed by atoms with E-state index in [1.807, 2.05) is 0 Å². The molecule has 0 radical (unpaired) electrons. The Kier molecular flexibility index (Phi) is 4.12. The molecule has 1 aromatic carbocycles. The first-order chi connectivity index (χ1) is 11.0. The highest BCUT2D eigenvalue weighted by molar-refractivity contribution is 5.99. The van der Waals surface area contributed by atoms with Crippen LogP contribution in [-0.2, 0) is 7.05 Å². The highest BCUT2D eigenvalue weighted by atomic mass is 19.1. The molecule has 1 fully saturated rings. The number of aryl methyl sites for hydroxylation is 1. The minimum absolute atomic E-state index is 0.105. The summed E-state index contributed by atoms with van der Waals surface area (Å²) in [6, 6.07) is 3.36. The number of hydrogen-bond acceptors (Lipinski definition) is 3. The van der Waals surface area contributed by atoms with E-state index < -0.39 is 11.6 Å². The van der Waals surface area contributed by atoms with E-state index in [1.165, 1.54) is 10.7 Å². The first kappa shape index (κ1) is 15.6. The van der Waals surface area contributed by atoms with Crippen LogP contribution < -0.4 is 5.32 Å². The number of benzene rings is 1. The van der Waals surface area contributed by atoms with Gasteiger partial charge in [-0.2, -0.15) is 5.10 Å². The van der Waals surface area contributed by atoms with E-state index in [0.29, 0.717) is 5.56 Å². The van der Waals surface area contributed by atoms with Gasteiger partial charge in [0.15, 0.2) is 0 Å². The number of carbonyl (C=O) groups is 1. The second-order valence-electron chi connectivity index (χ2n) is 5.75. The van der Waals surface area contributed by atoms with Gasteiger partial charge < -0.3 is 10.2 Å². The summed E-state index contributed by atoms with van der Waals surface area (Å²) in [4.78, 5) is 14.4. The molecule has 1 atom stereocenters. The molecule has 2 heterocycles. The van der Waals surface area contributed by atoms with Gasteiger partial charge in [-0.3, -0.25) is 9.48 Å². The average molecular weight is 320 g/mol. The Morgan fingerprint density at radius 3 is 2.87 bits per heavy atom. The van der Waals surface area contributed by atoms with Gasteiger partial charge in [0.2, 0.25) is 0 Å². The monoisotopic (exact) mass is 320 g/mol. The number of halogens is 2. The van der Waals surface area contributed by atoms with Gasteiger partial charge in [0.25, 0.3) is 5.91 Å². The molecule has 3 rings (SSSR count). The van der Waals surface area contributed by atoms with Crippen LogP contribution in [0.1, 0.15) is 16.8 Å². The molecule has 5 nitrogen and oxygen atoms in total. The minimum Gasteiger partial charge on any atom is -0.337 e. The van der Waals surface area contributed by atoms with Crippen molar-refractivity contribution in [3.8, 4) is 11.3 Å². The molecule has 122 valence electrons. The first-order valence-electron chi connectivity index (χ1n) is 7.44. The Balaban J connectivity index is 1.98. The zero-order valence-corrected chi connectivity index (χ0v) is 13.0. The largest absolute Gasteiger partial charge is 0.337 e. The summed E-state index contributed by atoms with van der Waals surface area (Å²) in [7, 11) is 3.40. The zero-order valence-electron chi connectivity index (χ0n) is 13.0. The van der Waals surface area contributed by atoms with Crippen molar-refractivity contribution in [2.75, 3.05) is 20.1 Å². The average Bonchev–Trinajstić information content (AvgIpc) is 3.15. The van der Waals surface area contributed by atoms with Crippen LogP contribution in [0, 0.1) is 11.6 Å². The fourth-order valence-corrected chi connectivity index (χ4v) is 2.85. The molecule has 1 aliphatic heterocycles. The minimum atomic E-state index is -0.733. The molecule has 0 bridgehead atoms. The molecule has 0 aliphatic carbocycles. The number of aromatic nitrogens is 2. The molecular weight excluding hydrogens is 302 g/mol. The van der Waals surface area contributed by atoms with Gasteiger partial charge in [0.05, 0.1) is 5.56 Å². The van der Waals surface area contributed by atoms with Crippen LogP contribution in [0.3, 0.4) is 0 Å². The highest BCUT2D eigenvalue weighted by Gasteiger charge is 2.28. The van der Waals surface area contributed by atoms with E-state index in [0.717, 1.165) is 31.6 Å². The lowest BCUT2D eigenvalue weighted by Crippen LogP contribution is -2.38. The second-order valence-corrected chi connectivity index (χ2v) is 5.75. The summed E-state index contributed by atoms with van der Waals surface area (Å²) in [5.74, 6) is -1.61. The van der Waals surface area contributed by atoms with Gasteiger partial charge in [-0.1, -0.05) is 0 Å². The van der Waals surface area contributed by atoms with Gasteiger partial charge in [-0.25, -0.2) is 8.78 Å². The summed E-state index contributed by atoms with van der Waals surface area (Å²) in [6.45, 7) is 1.61. The maximum atomic E-state index is 14.1. The lowest BCUT2D eigenvalue weighted by Gasteiger charge is -2.23. The van der Waals surface area contributed by atoms with Crippen LogP contribution in [0.2, 0.25) is 0 Å². The van der Waals surface area contributed by atoms with Crippen LogP contribution in [-0.4, -0.2) is 46.8 Å². The predicted molar refractivity (Wildman–Crippen MR) is 81.9 cm³/mol. The molecule has 1 saturated heterocycles. The standard InChI is InChI=1S/C16H18F2N4O/c1-21-9-13(16(23)22(2)11-5-6-19-8-11)15(20-21)12-4-3-10(17)7-14(12)18/h3-4,7,9,11,19H,5-6,8H2,1-2H3/t11-/m0/s1. The highest BCUT2D eigenvalue weighted by Crippen LogP contribution is 2.27. The van der Waals surface area contributed by atoms with Crippen molar-refractivity contribution in [2.24, 2.45) is 7.05 Å². The van der Waals surface area contributed by atoms with Gasteiger partial charge >= 0.3 is 0 Å². The fourth-order valence-electron chi connectivity index (χ4n) is 2.85. The Hall–Kier alpha value is -2.28. The van der Waals surface area contributed by atoms with Crippen molar-refractivity contribution in [1.82, 2.24) is 20.0 Å². The lowest BCUT2D eigenvalue weighted by atomic mass is 10.1. The van der Waals surface area contributed by atoms with Gasteiger partial charge in [0, 0.05) is 44.5 Å². The van der Waals surface area contributed by atoms with E-state index in [1.54, 1.807) is 25.2 Å². The van der Waals surface area contributed by atoms with Crippen LogP contribution in [0.25, 0.3) is 11.3 Å². The van der Waals surface area contributed by atoms with Crippen molar-refractivity contribution in [1.29, 1.82) is 0 Å². The van der Waals surface area contributed by atoms with E-state index in [9.17, 15) is 13.6 Å². The number of nitrogens with zero attached hydrogens (tertiary/aromatic N) is 3. The Morgan fingerprint density at radius 1 is 1.43 bits per heavy atom. The number of carbonyl (C=O) groups excluding carboxylic acids is 1. The van der Waals surface area contributed by atoms with Gasteiger partial charge in [-0.15, -0.1) is 0 Å². The quantitative estimate of drug-likeness (QED) is 0.938. The molecule has 7 heteroatoms. The lowest BCUT2D eigenvalue weighted by molar-refractivity contribution is 0.0744. The first-order valence-corrected chi connectivity index (χ1v) is 7.44. The van der Waals surface area contributed by atoms with Crippen molar-refractivity contribution in [3.63, 3.8) is 0 Å². The Labute approximate surface area is 132 Å². The number of amides is 1. The number of rotatable bonds is 3. The number of nitrogens with one attached hydrogen (secondary N) is 1. The second kappa shape index (κ2) is 6.08. The summed E-state index contributed by atoms with van der Waals surface area (Å²) in [5, 5.41) is 7.40. The third-order valence-corrected chi connectivity index (χ3v) is 4.15. The van der Waals surface area contributed by atoms with Gasteiger partial charge in [-0.05, 0) is 25.1 Å². The molecule has 23 heavy (non-hydrogen) atoms. The molecule has 1 aromatic heterocycles. The Bertz CT molecular complexity index is 738. The maximum Gasteiger partial charge on any atom is 0.257 e. The van der Waals surface area contributed by atoms with E-state index in [-0.39, 0.29) is 23.2 Å². The van der Waals surface area contributed by atoms with Crippen molar-refractivity contribution < 1.29 is 13.6 Å². The van der Waals surface area contributed by atoms with Crippen LogP contribution in [0.4, 0.5) is 8.78 Å². The molecule has 1 N–H and O–H groups in total. The Morgan fingerprint density at radius 2 is 2.22 bits per heavy atom. The molecular formula is C16H18F2N4O. The van der Waals surface area contributed by atoms with E-state index in [4.69, 9.17) is 0 Å². The molecule has 0 unspecified atom stereocenters. The topological polar surface area (TPSA) is 50.2 Å². The van der Waals surface area contributed by atoms with Crippen LogP contribution >= 0.6 is 0 Å². The normalized spacial score (nSPS) is 17.5. The third kappa shape index (κ3) is 2.96. The third-order valence-electron chi connectivity index (χ3n) is 4.15. The van der Waals surface area contributed by atoms with E-state index in [2.05, 4.69) is 10.4 Å². The zero-order chi connectivity index (χ0) is 16.6. The summed E-state index contributed by atoms with van der Waals surface area (Å²) in [6.07, 6.45) is 2.45. The van der Waals surface area contributed by atoms with E-state index >= 15 is 0 Å². The number of likely N-dealkylation sites (N-methyl/N-ethyl adjacent to an activating group) is 1. The molecule has 2 aromatic rings. The van der Waals surface area contributed by atoms with Crippen molar-refractivity contribution in [2.45, 2.75) is 12.5 Å². The summed E-state index contributed by atoms with van der Waals surface area (Å²) >= 11 is 0. The number of hydrogen-bond donors (Lipinski definition) is 1. The predicted octanol–water partition coefficient (Wildman–Crippen LogP) is 1.80. The summed E-state index contributed by atoms with van der Waals surface area (Å²) < 4.78 is 28.6. The maximum absolute atomic E-state index is 14.1. The van der Waals surface area contributed by atoms with Gasteiger partial charge in [0.1, 0.15) is 17.3 Å². The molecule has 0 spiro atoms. The summed E-state index contributed by atoms with van der Waals surface area (Å²) in [5.41, 5.74) is 0.661. The van der Waals surface area contributed by atoms with Crippen LogP contribution in [0.15, 0.2) is 24.4 Å². The molecule has 0 saturated carbocycles. The molecule has 1 aliphatic rings.